The van der Waals surface area contributed by atoms with Crippen LogP contribution in [0, 0.1) is 19.7 Å². The second kappa shape index (κ2) is 6.39. The minimum Gasteiger partial charge on any atom is -0.471 e. The zero-order chi connectivity index (χ0) is 15.4. The summed E-state index contributed by atoms with van der Waals surface area (Å²) in [4.78, 5) is 11.5. The van der Waals surface area contributed by atoms with Crippen LogP contribution in [0.3, 0.4) is 0 Å². The number of aryl methyl sites for hydroxylation is 1. The molecule has 0 fully saturated rings. The number of hydrogen-bond acceptors (Lipinski definition) is 3. The number of anilines is 1. The van der Waals surface area contributed by atoms with Crippen LogP contribution in [0.4, 0.5) is 10.1 Å². The fourth-order valence-electron chi connectivity index (χ4n) is 1.92. The molecule has 0 unspecified atom stereocenters. The summed E-state index contributed by atoms with van der Waals surface area (Å²) in [5.41, 5.74) is 2.22. The predicted octanol–water partition coefficient (Wildman–Crippen LogP) is 3.02. The predicted molar refractivity (Wildman–Crippen MR) is 77.6 cm³/mol. The number of nitrogens with one attached hydrogen (secondary N) is 1. The van der Waals surface area contributed by atoms with Crippen LogP contribution in [0.1, 0.15) is 24.7 Å². The molecule has 1 aromatic carbocycles. The first-order valence-electron chi connectivity index (χ1n) is 6.73. The molecular formula is C15H18FN3O2. The van der Waals surface area contributed by atoms with Gasteiger partial charge < -0.3 is 10.1 Å². The second-order valence-electron chi connectivity index (χ2n) is 4.68. The van der Waals surface area contributed by atoms with Crippen molar-refractivity contribution < 1.29 is 13.9 Å². The van der Waals surface area contributed by atoms with Gasteiger partial charge in [0.05, 0.1) is 17.1 Å². The molecule has 0 atom stereocenters. The van der Waals surface area contributed by atoms with Crippen LogP contribution in [0.2, 0.25) is 0 Å². The SMILES string of the molecule is CCC(=O)Nc1c(C)nn(COc2cccc(F)c2)c1C. The highest BCUT2D eigenvalue weighted by Gasteiger charge is 2.13. The number of nitrogens with zero attached hydrogens (tertiary/aromatic N) is 2. The Morgan fingerprint density at radius 1 is 1.43 bits per heavy atom. The van der Waals surface area contributed by atoms with Gasteiger partial charge in [0.25, 0.3) is 0 Å². The molecule has 0 aliphatic rings. The third kappa shape index (κ3) is 3.59. The fourth-order valence-corrected chi connectivity index (χ4v) is 1.92. The summed E-state index contributed by atoms with van der Waals surface area (Å²) in [7, 11) is 0. The van der Waals surface area contributed by atoms with Gasteiger partial charge in [-0.15, -0.1) is 0 Å². The molecule has 0 spiro atoms. The molecule has 5 nitrogen and oxygen atoms in total. The van der Waals surface area contributed by atoms with E-state index in [1.165, 1.54) is 12.1 Å². The van der Waals surface area contributed by atoms with E-state index in [4.69, 9.17) is 4.74 Å². The molecule has 6 heteroatoms. The molecule has 1 N–H and O–H groups in total. The standard InChI is InChI=1S/C15H18FN3O2/c1-4-14(20)17-15-10(2)18-19(11(15)3)9-21-13-7-5-6-12(16)8-13/h5-8H,4,9H2,1-3H3,(H,17,20). The summed E-state index contributed by atoms with van der Waals surface area (Å²) in [5, 5.41) is 7.14. The Bertz CT molecular complexity index is 652. The number of amides is 1. The van der Waals surface area contributed by atoms with Crippen LogP contribution in [-0.2, 0) is 11.5 Å². The van der Waals surface area contributed by atoms with Gasteiger partial charge >= 0.3 is 0 Å². The molecule has 2 rings (SSSR count). The molecule has 0 aliphatic carbocycles. The summed E-state index contributed by atoms with van der Waals surface area (Å²) < 4.78 is 20.2. The minimum atomic E-state index is -0.350. The van der Waals surface area contributed by atoms with Crippen LogP contribution < -0.4 is 10.1 Å². The van der Waals surface area contributed by atoms with Crippen LogP contribution in [0.25, 0.3) is 0 Å². The van der Waals surface area contributed by atoms with Gasteiger partial charge in [-0.05, 0) is 26.0 Å². The first kappa shape index (κ1) is 15.0. The summed E-state index contributed by atoms with van der Waals surface area (Å²) in [6.45, 7) is 5.60. The van der Waals surface area contributed by atoms with Gasteiger partial charge in [-0.3, -0.25) is 4.79 Å². The highest BCUT2D eigenvalue weighted by molar-refractivity contribution is 5.91. The third-order valence-electron chi connectivity index (χ3n) is 3.12. The maximum atomic E-state index is 13.1. The molecule has 112 valence electrons. The zero-order valence-electron chi connectivity index (χ0n) is 12.3. The molecule has 0 saturated carbocycles. The lowest BCUT2D eigenvalue weighted by molar-refractivity contribution is -0.115. The van der Waals surface area contributed by atoms with E-state index in [2.05, 4.69) is 10.4 Å². The Labute approximate surface area is 122 Å². The van der Waals surface area contributed by atoms with Crippen molar-refractivity contribution >= 4 is 11.6 Å². The van der Waals surface area contributed by atoms with E-state index < -0.39 is 0 Å². The molecule has 1 aromatic heterocycles. The van der Waals surface area contributed by atoms with Crippen molar-refractivity contribution in [3.63, 3.8) is 0 Å². The van der Waals surface area contributed by atoms with Crippen molar-refractivity contribution in [1.29, 1.82) is 0 Å². The molecule has 2 aromatic rings. The Kier molecular flexibility index (Phi) is 4.57. The third-order valence-corrected chi connectivity index (χ3v) is 3.12. The summed E-state index contributed by atoms with van der Waals surface area (Å²) >= 11 is 0. The quantitative estimate of drug-likeness (QED) is 0.921. The second-order valence-corrected chi connectivity index (χ2v) is 4.68. The van der Waals surface area contributed by atoms with Crippen molar-refractivity contribution in [2.45, 2.75) is 33.9 Å². The van der Waals surface area contributed by atoms with Crippen molar-refractivity contribution in [3.8, 4) is 5.75 Å². The number of carbonyl (C=O) groups excluding carboxylic acids is 1. The average molecular weight is 291 g/mol. The summed E-state index contributed by atoms with van der Waals surface area (Å²) in [5.74, 6) is 0.0188. The Hall–Kier alpha value is -2.37. The highest BCUT2D eigenvalue weighted by atomic mass is 19.1. The number of benzene rings is 1. The lowest BCUT2D eigenvalue weighted by Gasteiger charge is -2.08. The molecule has 1 amide bonds. The minimum absolute atomic E-state index is 0.0631. The topological polar surface area (TPSA) is 56.2 Å². The number of ether oxygens (including phenoxy) is 1. The Morgan fingerprint density at radius 3 is 2.86 bits per heavy atom. The first-order valence-corrected chi connectivity index (χ1v) is 6.73. The van der Waals surface area contributed by atoms with E-state index in [0.29, 0.717) is 17.9 Å². The maximum Gasteiger partial charge on any atom is 0.224 e. The Morgan fingerprint density at radius 2 is 2.19 bits per heavy atom. The fraction of sp³-hybridized carbons (Fsp3) is 0.333. The van der Waals surface area contributed by atoms with E-state index in [0.717, 1.165) is 11.4 Å². The smallest absolute Gasteiger partial charge is 0.224 e. The lowest BCUT2D eigenvalue weighted by atomic mass is 10.3. The first-order chi connectivity index (χ1) is 10.0. The number of halogens is 1. The summed E-state index contributed by atoms with van der Waals surface area (Å²) in [6.07, 6.45) is 0.407. The largest absolute Gasteiger partial charge is 0.471 e. The van der Waals surface area contributed by atoms with Crippen LogP contribution in [0.15, 0.2) is 24.3 Å². The number of aromatic nitrogens is 2. The summed E-state index contributed by atoms with van der Waals surface area (Å²) in [6, 6.07) is 5.92. The molecule has 1 heterocycles. The normalized spacial score (nSPS) is 10.5. The molecular weight excluding hydrogens is 273 g/mol. The van der Waals surface area contributed by atoms with Gasteiger partial charge in [0.1, 0.15) is 11.6 Å². The van der Waals surface area contributed by atoms with Crippen LogP contribution in [0.5, 0.6) is 5.75 Å². The average Bonchev–Trinajstić information content (AvgIpc) is 2.72. The molecule has 0 saturated heterocycles. The molecule has 21 heavy (non-hydrogen) atoms. The number of rotatable bonds is 5. The monoisotopic (exact) mass is 291 g/mol. The highest BCUT2D eigenvalue weighted by Crippen LogP contribution is 2.20. The van der Waals surface area contributed by atoms with Gasteiger partial charge in [0.2, 0.25) is 5.91 Å². The van der Waals surface area contributed by atoms with Gasteiger partial charge in [-0.1, -0.05) is 13.0 Å². The Balaban J connectivity index is 2.10. The zero-order valence-corrected chi connectivity index (χ0v) is 12.3. The van der Waals surface area contributed by atoms with E-state index in [-0.39, 0.29) is 18.5 Å². The van der Waals surface area contributed by atoms with Crippen molar-refractivity contribution in [1.82, 2.24) is 9.78 Å². The molecule has 0 radical (unpaired) electrons. The van der Waals surface area contributed by atoms with Gasteiger partial charge in [-0.2, -0.15) is 5.10 Å². The van der Waals surface area contributed by atoms with Crippen molar-refractivity contribution in [2.75, 3.05) is 5.32 Å². The van der Waals surface area contributed by atoms with Crippen LogP contribution >= 0.6 is 0 Å². The van der Waals surface area contributed by atoms with Gasteiger partial charge in [0.15, 0.2) is 6.73 Å². The van der Waals surface area contributed by atoms with E-state index >= 15 is 0 Å². The maximum absolute atomic E-state index is 13.1. The van der Waals surface area contributed by atoms with Crippen molar-refractivity contribution in [3.05, 3.63) is 41.5 Å². The van der Waals surface area contributed by atoms with E-state index in [9.17, 15) is 9.18 Å². The van der Waals surface area contributed by atoms with Gasteiger partial charge in [0, 0.05) is 12.5 Å². The van der Waals surface area contributed by atoms with E-state index in [1.807, 2.05) is 13.8 Å². The van der Waals surface area contributed by atoms with E-state index in [1.54, 1.807) is 23.7 Å². The molecule has 0 bridgehead atoms. The number of carbonyl (C=O) groups is 1. The lowest BCUT2D eigenvalue weighted by Crippen LogP contribution is -2.12. The van der Waals surface area contributed by atoms with Crippen molar-refractivity contribution in [2.24, 2.45) is 0 Å². The molecule has 0 aliphatic heterocycles. The number of hydrogen-bond donors (Lipinski definition) is 1. The van der Waals surface area contributed by atoms with Crippen LogP contribution in [-0.4, -0.2) is 15.7 Å². The van der Waals surface area contributed by atoms with Gasteiger partial charge in [-0.25, -0.2) is 9.07 Å².